The monoisotopic (exact) mass is 380 g/mol. The number of anilines is 1. The second kappa shape index (κ2) is 7.20. The molecule has 1 fully saturated rings. The van der Waals surface area contributed by atoms with E-state index in [0.29, 0.717) is 18.5 Å². The number of carbonyl (C=O) groups is 1. The first-order valence-corrected chi connectivity index (χ1v) is 9.39. The first-order chi connectivity index (χ1) is 13.4. The van der Waals surface area contributed by atoms with Crippen molar-refractivity contribution < 1.29 is 9.90 Å². The molecule has 1 aliphatic rings. The van der Waals surface area contributed by atoms with Gasteiger partial charge in [0, 0.05) is 44.0 Å². The summed E-state index contributed by atoms with van der Waals surface area (Å²) in [6.45, 7) is 3.35. The third kappa shape index (κ3) is 3.68. The molecule has 28 heavy (non-hydrogen) atoms. The number of β-amino-alcohol motifs (C(OH)–C–C–N with tert-alkyl or cyclic N) is 1. The molecule has 4 rings (SSSR count). The molecule has 1 saturated heterocycles. The van der Waals surface area contributed by atoms with Crippen molar-refractivity contribution in [1.29, 1.82) is 0 Å². The van der Waals surface area contributed by atoms with Crippen LogP contribution in [0.1, 0.15) is 28.9 Å². The van der Waals surface area contributed by atoms with Gasteiger partial charge in [-0.25, -0.2) is 15.0 Å². The number of hydrogen-bond donors (Lipinski definition) is 2. The molecule has 1 aromatic carbocycles. The summed E-state index contributed by atoms with van der Waals surface area (Å²) < 4.78 is 1.91. The molecular formula is C20H24N6O2. The number of fused-ring (bicyclic) bond motifs is 1. The summed E-state index contributed by atoms with van der Waals surface area (Å²) in [6.07, 6.45) is 4.72. The van der Waals surface area contributed by atoms with Gasteiger partial charge in [-0.2, -0.15) is 0 Å². The van der Waals surface area contributed by atoms with Crippen LogP contribution >= 0.6 is 0 Å². The van der Waals surface area contributed by atoms with Gasteiger partial charge in [-0.3, -0.25) is 4.79 Å². The van der Waals surface area contributed by atoms with Crippen molar-refractivity contribution >= 4 is 22.8 Å². The molecule has 2 N–H and O–H groups in total. The maximum absolute atomic E-state index is 12.6. The Bertz CT molecular complexity index is 1020. The number of amides is 1. The number of hydrogen-bond acceptors (Lipinski definition) is 6. The number of piperidine rings is 1. The molecule has 0 saturated carbocycles. The molecule has 1 amide bonds. The highest BCUT2D eigenvalue weighted by atomic mass is 16.3. The van der Waals surface area contributed by atoms with Gasteiger partial charge in [0.25, 0.3) is 5.91 Å². The molecule has 0 radical (unpaired) electrons. The summed E-state index contributed by atoms with van der Waals surface area (Å²) in [4.78, 5) is 27.4. The minimum Gasteiger partial charge on any atom is -0.386 e. The standard InChI is InChI=1S/C20H24N6O2/c1-14-8-18(23-12-22-14)26-7-3-6-20(28,11-26)10-21-19(27)15-4-5-17-16(9-15)24-13-25(17)2/h4-5,8-9,12-13,28H,3,6-7,10-11H2,1-2H3,(H,21,27). The Morgan fingerprint density at radius 1 is 1.29 bits per heavy atom. The smallest absolute Gasteiger partial charge is 0.251 e. The molecule has 3 aromatic rings. The number of aromatic nitrogens is 4. The molecule has 146 valence electrons. The van der Waals surface area contributed by atoms with E-state index in [4.69, 9.17) is 0 Å². The van der Waals surface area contributed by atoms with Crippen LogP contribution in [0.5, 0.6) is 0 Å². The van der Waals surface area contributed by atoms with E-state index in [1.807, 2.05) is 35.6 Å². The van der Waals surface area contributed by atoms with Crippen molar-refractivity contribution in [1.82, 2.24) is 24.8 Å². The molecule has 0 spiro atoms. The fourth-order valence-corrected chi connectivity index (χ4v) is 3.69. The Labute approximate surface area is 163 Å². The number of aliphatic hydroxyl groups is 1. The summed E-state index contributed by atoms with van der Waals surface area (Å²) in [7, 11) is 1.92. The van der Waals surface area contributed by atoms with Gasteiger partial charge in [0.2, 0.25) is 0 Å². The highest BCUT2D eigenvalue weighted by Gasteiger charge is 2.34. The molecule has 1 atom stereocenters. The summed E-state index contributed by atoms with van der Waals surface area (Å²) in [5.74, 6) is 0.591. The first kappa shape index (κ1) is 18.4. The average molecular weight is 380 g/mol. The van der Waals surface area contributed by atoms with E-state index in [0.717, 1.165) is 35.5 Å². The molecule has 8 nitrogen and oxygen atoms in total. The van der Waals surface area contributed by atoms with Gasteiger partial charge in [0.1, 0.15) is 12.1 Å². The topological polar surface area (TPSA) is 96.2 Å². The van der Waals surface area contributed by atoms with Crippen LogP contribution in [0, 0.1) is 6.92 Å². The quantitative estimate of drug-likeness (QED) is 0.711. The molecule has 2 aromatic heterocycles. The van der Waals surface area contributed by atoms with Gasteiger partial charge >= 0.3 is 0 Å². The van der Waals surface area contributed by atoms with Crippen LogP contribution in [-0.2, 0) is 7.05 Å². The van der Waals surface area contributed by atoms with E-state index in [9.17, 15) is 9.90 Å². The first-order valence-electron chi connectivity index (χ1n) is 9.39. The zero-order valence-corrected chi connectivity index (χ0v) is 16.1. The third-order valence-electron chi connectivity index (χ3n) is 5.23. The minimum atomic E-state index is -0.998. The number of aryl methyl sites for hydroxylation is 2. The van der Waals surface area contributed by atoms with Crippen molar-refractivity contribution in [2.75, 3.05) is 24.5 Å². The number of imidazole rings is 1. The summed E-state index contributed by atoms with van der Waals surface area (Å²) in [5.41, 5.74) is 2.17. The number of nitrogens with zero attached hydrogens (tertiary/aromatic N) is 5. The van der Waals surface area contributed by atoms with Crippen LogP contribution in [0.25, 0.3) is 11.0 Å². The third-order valence-corrected chi connectivity index (χ3v) is 5.23. The Balaban J connectivity index is 1.43. The predicted molar refractivity (Wildman–Crippen MR) is 106 cm³/mol. The second-order valence-corrected chi connectivity index (χ2v) is 7.51. The van der Waals surface area contributed by atoms with Crippen molar-refractivity contribution in [3.05, 3.63) is 48.2 Å². The van der Waals surface area contributed by atoms with Crippen LogP contribution in [0.3, 0.4) is 0 Å². The molecule has 3 heterocycles. The van der Waals surface area contributed by atoms with Crippen LogP contribution < -0.4 is 10.2 Å². The molecule has 0 bridgehead atoms. The highest BCUT2D eigenvalue weighted by molar-refractivity contribution is 5.97. The lowest BCUT2D eigenvalue weighted by Crippen LogP contribution is -2.54. The zero-order chi connectivity index (χ0) is 19.7. The lowest BCUT2D eigenvalue weighted by Gasteiger charge is -2.39. The number of carbonyl (C=O) groups excluding carboxylic acids is 1. The van der Waals surface area contributed by atoms with Crippen molar-refractivity contribution in [3.63, 3.8) is 0 Å². The van der Waals surface area contributed by atoms with E-state index >= 15 is 0 Å². The summed E-state index contributed by atoms with van der Waals surface area (Å²) in [6, 6.07) is 7.34. The van der Waals surface area contributed by atoms with Gasteiger partial charge in [-0.05, 0) is 38.0 Å². The fourth-order valence-electron chi connectivity index (χ4n) is 3.69. The Kier molecular flexibility index (Phi) is 4.72. The highest BCUT2D eigenvalue weighted by Crippen LogP contribution is 2.24. The maximum Gasteiger partial charge on any atom is 0.251 e. The fraction of sp³-hybridized carbons (Fsp3) is 0.400. The van der Waals surface area contributed by atoms with Crippen LogP contribution in [0.2, 0.25) is 0 Å². The Morgan fingerprint density at radius 2 is 2.14 bits per heavy atom. The van der Waals surface area contributed by atoms with Gasteiger partial charge in [0.05, 0.1) is 23.0 Å². The Hall–Kier alpha value is -3.00. The van der Waals surface area contributed by atoms with Gasteiger partial charge in [-0.15, -0.1) is 0 Å². The second-order valence-electron chi connectivity index (χ2n) is 7.51. The summed E-state index contributed by atoms with van der Waals surface area (Å²) >= 11 is 0. The van der Waals surface area contributed by atoms with Gasteiger partial charge in [-0.1, -0.05) is 0 Å². The molecular weight excluding hydrogens is 356 g/mol. The van der Waals surface area contributed by atoms with Crippen molar-refractivity contribution in [2.45, 2.75) is 25.4 Å². The minimum absolute atomic E-state index is 0.187. The van der Waals surface area contributed by atoms with Gasteiger partial charge < -0.3 is 19.9 Å². The SMILES string of the molecule is Cc1cc(N2CCCC(O)(CNC(=O)c3ccc4c(c3)ncn4C)C2)ncn1. The lowest BCUT2D eigenvalue weighted by atomic mass is 9.92. The van der Waals surface area contributed by atoms with Crippen molar-refractivity contribution in [2.24, 2.45) is 7.05 Å². The van der Waals surface area contributed by atoms with E-state index < -0.39 is 5.60 Å². The Morgan fingerprint density at radius 3 is 2.96 bits per heavy atom. The zero-order valence-electron chi connectivity index (χ0n) is 16.1. The van der Waals surface area contributed by atoms with Crippen molar-refractivity contribution in [3.8, 4) is 0 Å². The van der Waals surface area contributed by atoms with Crippen LogP contribution in [0.15, 0.2) is 36.9 Å². The largest absolute Gasteiger partial charge is 0.386 e. The van der Waals surface area contributed by atoms with Crippen LogP contribution in [-0.4, -0.2) is 55.8 Å². The normalized spacial score (nSPS) is 19.8. The van der Waals surface area contributed by atoms with E-state index in [1.165, 1.54) is 6.33 Å². The molecule has 0 aliphatic carbocycles. The number of nitrogens with one attached hydrogen (secondary N) is 1. The maximum atomic E-state index is 12.6. The molecule has 1 aliphatic heterocycles. The molecule has 8 heteroatoms. The number of rotatable bonds is 4. The van der Waals surface area contributed by atoms with E-state index in [2.05, 4.69) is 20.3 Å². The van der Waals surface area contributed by atoms with Gasteiger partial charge in [0.15, 0.2) is 0 Å². The van der Waals surface area contributed by atoms with E-state index in [1.54, 1.807) is 18.5 Å². The lowest BCUT2D eigenvalue weighted by molar-refractivity contribution is 0.0254. The molecule has 1 unspecified atom stereocenters. The number of benzene rings is 1. The average Bonchev–Trinajstić information content (AvgIpc) is 3.06. The predicted octanol–water partition coefficient (Wildman–Crippen LogP) is 1.43. The van der Waals surface area contributed by atoms with E-state index in [-0.39, 0.29) is 12.5 Å². The van der Waals surface area contributed by atoms with Crippen LogP contribution in [0.4, 0.5) is 5.82 Å². The summed E-state index contributed by atoms with van der Waals surface area (Å²) in [5, 5.41) is 13.9.